The average Bonchev–Trinajstić information content (AvgIpc) is 2.28. The van der Waals surface area contributed by atoms with Gasteiger partial charge in [0, 0.05) is 19.7 Å². The third-order valence-corrected chi connectivity index (χ3v) is 3.12. The molecule has 2 atom stereocenters. The zero-order valence-electron chi connectivity index (χ0n) is 10.2. The third kappa shape index (κ3) is 4.08. The van der Waals surface area contributed by atoms with Crippen molar-refractivity contribution in [2.75, 3.05) is 33.9 Å². The maximum Gasteiger partial charge on any atom is 0.239 e. The minimum Gasteiger partial charge on any atom is -0.383 e. The number of hydrogen-bond donors (Lipinski definition) is 2. The number of nitrogens with zero attached hydrogens (tertiary/aromatic N) is 1. The van der Waals surface area contributed by atoms with Crippen LogP contribution in [0.4, 0.5) is 0 Å². The molecule has 1 saturated heterocycles. The number of likely N-dealkylation sites (tertiary alicyclic amines) is 1. The summed E-state index contributed by atoms with van der Waals surface area (Å²) in [5.41, 5.74) is 5.63. The van der Waals surface area contributed by atoms with Gasteiger partial charge in [-0.2, -0.15) is 0 Å². The summed E-state index contributed by atoms with van der Waals surface area (Å²) in [5.74, 6) is -0.124. The number of amides is 1. The van der Waals surface area contributed by atoms with Gasteiger partial charge in [-0.05, 0) is 26.4 Å². The van der Waals surface area contributed by atoms with Gasteiger partial charge in [-0.25, -0.2) is 0 Å². The summed E-state index contributed by atoms with van der Waals surface area (Å²) in [6, 6.07) is -0.105. The Morgan fingerprint density at radius 1 is 1.62 bits per heavy atom. The van der Waals surface area contributed by atoms with E-state index in [0.29, 0.717) is 12.6 Å². The molecule has 0 aliphatic carbocycles. The number of carbonyl (C=O) groups is 1. The second-order valence-electron chi connectivity index (χ2n) is 4.44. The lowest BCUT2D eigenvalue weighted by atomic mass is 10.0. The maximum atomic E-state index is 11.5. The summed E-state index contributed by atoms with van der Waals surface area (Å²) in [7, 11) is 3.65. The number of piperidine rings is 1. The molecule has 1 aliphatic rings. The van der Waals surface area contributed by atoms with Crippen molar-refractivity contribution in [3.63, 3.8) is 0 Å². The van der Waals surface area contributed by atoms with Crippen LogP contribution in [0.5, 0.6) is 0 Å². The minimum absolute atomic E-state index is 0.124. The van der Waals surface area contributed by atoms with Crippen molar-refractivity contribution in [1.29, 1.82) is 0 Å². The molecule has 0 aromatic rings. The highest BCUT2D eigenvalue weighted by molar-refractivity contribution is 5.81. The first-order chi connectivity index (χ1) is 7.65. The molecule has 0 saturated carbocycles. The molecule has 0 aromatic carbocycles. The Morgan fingerprint density at radius 2 is 2.38 bits per heavy atom. The fraction of sp³-hybridized carbons (Fsp3) is 0.909. The van der Waals surface area contributed by atoms with Crippen LogP contribution in [0.3, 0.4) is 0 Å². The first-order valence-corrected chi connectivity index (χ1v) is 5.87. The fourth-order valence-electron chi connectivity index (χ4n) is 2.01. The molecule has 2 unspecified atom stereocenters. The van der Waals surface area contributed by atoms with Gasteiger partial charge < -0.3 is 20.7 Å². The molecular formula is C11H23N3O2. The Hall–Kier alpha value is -0.650. The average molecular weight is 229 g/mol. The summed E-state index contributed by atoms with van der Waals surface area (Å²) in [6.45, 7) is 2.07. The monoisotopic (exact) mass is 229 g/mol. The number of likely N-dealkylation sites (N-methyl/N-ethyl adjacent to an activating group) is 1. The van der Waals surface area contributed by atoms with E-state index in [1.807, 2.05) is 0 Å². The Morgan fingerprint density at radius 3 is 3.00 bits per heavy atom. The minimum atomic E-state index is -0.557. The van der Waals surface area contributed by atoms with Gasteiger partial charge in [0.15, 0.2) is 0 Å². The largest absolute Gasteiger partial charge is 0.383 e. The van der Waals surface area contributed by atoms with E-state index in [4.69, 9.17) is 10.5 Å². The summed E-state index contributed by atoms with van der Waals surface area (Å²) < 4.78 is 4.84. The lowest BCUT2D eigenvalue weighted by molar-refractivity contribution is -0.123. The van der Waals surface area contributed by atoms with Crippen LogP contribution in [0.25, 0.3) is 0 Å². The predicted molar refractivity (Wildman–Crippen MR) is 63.1 cm³/mol. The summed E-state index contributed by atoms with van der Waals surface area (Å²) in [4.78, 5) is 13.8. The van der Waals surface area contributed by atoms with E-state index < -0.39 is 6.04 Å². The Labute approximate surface area is 97.3 Å². The molecule has 5 nitrogen and oxygen atoms in total. The van der Waals surface area contributed by atoms with E-state index in [9.17, 15) is 4.79 Å². The molecule has 0 radical (unpaired) electrons. The van der Waals surface area contributed by atoms with Crippen molar-refractivity contribution in [3.05, 3.63) is 0 Å². The second kappa shape index (κ2) is 6.83. The van der Waals surface area contributed by atoms with Crippen LogP contribution in [-0.2, 0) is 9.53 Å². The SMILES string of the molecule is COCC(N)C(=O)NCC1CCCCN1C. The normalized spacial score (nSPS) is 24.1. The van der Waals surface area contributed by atoms with Gasteiger partial charge in [0.05, 0.1) is 6.61 Å². The Bertz CT molecular complexity index is 223. The highest BCUT2D eigenvalue weighted by atomic mass is 16.5. The Balaban J connectivity index is 2.24. The third-order valence-electron chi connectivity index (χ3n) is 3.12. The van der Waals surface area contributed by atoms with Crippen LogP contribution < -0.4 is 11.1 Å². The second-order valence-corrected chi connectivity index (χ2v) is 4.44. The number of rotatable bonds is 5. The van der Waals surface area contributed by atoms with E-state index in [-0.39, 0.29) is 12.5 Å². The van der Waals surface area contributed by atoms with Gasteiger partial charge in [0.2, 0.25) is 5.91 Å². The van der Waals surface area contributed by atoms with Crippen molar-refractivity contribution < 1.29 is 9.53 Å². The molecule has 0 spiro atoms. The molecule has 1 rings (SSSR count). The topological polar surface area (TPSA) is 67.6 Å². The van der Waals surface area contributed by atoms with Crippen LogP contribution >= 0.6 is 0 Å². The quantitative estimate of drug-likeness (QED) is 0.671. The van der Waals surface area contributed by atoms with Crippen molar-refractivity contribution in [2.24, 2.45) is 5.73 Å². The summed E-state index contributed by atoms with van der Waals surface area (Å²) in [6.07, 6.45) is 3.65. The van der Waals surface area contributed by atoms with E-state index in [1.54, 1.807) is 7.11 Å². The highest BCUT2D eigenvalue weighted by Gasteiger charge is 2.20. The molecule has 5 heteroatoms. The number of hydrogen-bond acceptors (Lipinski definition) is 4. The van der Waals surface area contributed by atoms with Crippen molar-refractivity contribution in [1.82, 2.24) is 10.2 Å². The number of nitrogens with two attached hydrogens (primary N) is 1. The van der Waals surface area contributed by atoms with Crippen LogP contribution in [0.2, 0.25) is 0 Å². The highest BCUT2D eigenvalue weighted by Crippen LogP contribution is 2.13. The maximum absolute atomic E-state index is 11.5. The van der Waals surface area contributed by atoms with Gasteiger partial charge >= 0.3 is 0 Å². The van der Waals surface area contributed by atoms with Gasteiger partial charge in [0.1, 0.15) is 6.04 Å². The molecule has 0 aromatic heterocycles. The zero-order chi connectivity index (χ0) is 12.0. The van der Waals surface area contributed by atoms with Crippen molar-refractivity contribution in [2.45, 2.75) is 31.3 Å². The van der Waals surface area contributed by atoms with E-state index in [1.165, 1.54) is 12.8 Å². The van der Waals surface area contributed by atoms with Crippen LogP contribution in [-0.4, -0.2) is 56.7 Å². The molecule has 1 amide bonds. The number of methoxy groups -OCH3 is 1. The molecule has 3 N–H and O–H groups in total. The van der Waals surface area contributed by atoms with Crippen molar-refractivity contribution in [3.8, 4) is 0 Å². The first-order valence-electron chi connectivity index (χ1n) is 5.87. The van der Waals surface area contributed by atoms with E-state index in [0.717, 1.165) is 13.0 Å². The first kappa shape index (κ1) is 13.4. The standard InChI is InChI=1S/C11H23N3O2/c1-14-6-4-3-5-9(14)7-13-11(15)10(12)8-16-2/h9-10H,3-8,12H2,1-2H3,(H,13,15). The molecule has 1 fully saturated rings. The molecule has 1 aliphatic heterocycles. The zero-order valence-corrected chi connectivity index (χ0v) is 10.2. The molecule has 16 heavy (non-hydrogen) atoms. The summed E-state index contributed by atoms with van der Waals surface area (Å²) >= 11 is 0. The predicted octanol–water partition coefficient (Wildman–Crippen LogP) is -0.439. The van der Waals surface area contributed by atoms with Crippen LogP contribution in [0, 0.1) is 0 Å². The van der Waals surface area contributed by atoms with Crippen molar-refractivity contribution >= 4 is 5.91 Å². The van der Waals surface area contributed by atoms with Crippen LogP contribution in [0.1, 0.15) is 19.3 Å². The number of nitrogens with one attached hydrogen (secondary N) is 1. The molecular weight excluding hydrogens is 206 g/mol. The molecule has 0 bridgehead atoms. The van der Waals surface area contributed by atoms with Gasteiger partial charge in [-0.15, -0.1) is 0 Å². The van der Waals surface area contributed by atoms with Gasteiger partial charge in [-0.3, -0.25) is 4.79 Å². The molecule has 94 valence electrons. The number of carbonyl (C=O) groups excluding carboxylic acids is 1. The van der Waals surface area contributed by atoms with Crippen LogP contribution in [0.15, 0.2) is 0 Å². The van der Waals surface area contributed by atoms with E-state index in [2.05, 4.69) is 17.3 Å². The van der Waals surface area contributed by atoms with Gasteiger partial charge in [-0.1, -0.05) is 6.42 Å². The lowest BCUT2D eigenvalue weighted by Crippen LogP contribution is -2.49. The van der Waals surface area contributed by atoms with Gasteiger partial charge in [0.25, 0.3) is 0 Å². The number of ether oxygens (including phenoxy) is 1. The summed E-state index contributed by atoms with van der Waals surface area (Å²) in [5, 5.41) is 2.88. The van der Waals surface area contributed by atoms with E-state index >= 15 is 0 Å². The smallest absolute Gasteiger partial charge is 0.239 e. The lowest BCUT2D eigenvalue weighted by Gasteiger charge is -2.32. The molecule has 1 heterocycles. The Kier molecular flexibility index (Phi) is 5.73. The fourth-order valence-corrected chi connectivity index (χ4v) is 2.01.